The van der Waals surface area contributed by atoms with E-state index in [4.69, 9.17) is 9.47 Å². The van der Waals surface area contributed by atoms with Gasteiger partial charge in [0.05, 0.1) is 12.2 Å². The van der Waals surface area contributed by atoms with Crippen molar-refractivity contribution in [2.24, 2.45) is 5.92 Å². The molecule has 1 aromatic heterocycles. The molecule has 134 valence electrons. The van der Waals surface area contributed by atoms with E-state index in [-0.39, 0.29) is 30.8 Å². The molecule has 2 aromatic rings. The van der Waals surface area contributed by atoms with Crippen LogP contribution < -0.4 is 25.6 Å². The molecule has 26 heavy (non-hydrogen) atoms. The van der Waals surface area contributed by atoms with Crippen molar-refractivity contribution >= 4 is 12.0 Å². The Morgan fingerprint density at radius 1 is 1.19 bits per heavy atom. The average molecular weight is 352 g/mol. The zero-order valence-corrected chi connectivity index (χ0v) is 14.3. The molecule has 2 aliphatic heterocycles. The van der Waals surface area contributed by atoms with Crippen molar-refractivity contribution < 1.29 is 14.3 Å². The summed E-state index contributed by atoms with van der Waals surface area (Å²) in [6, 6.07) is 9.63. The lowest BCUT2D eigenvalue weighted by molar-refractivity contribution is -0.117. The molecule has 0 saturated carbocycles. The van der Waals surface area contributed by atoms with Gasteiger partial charge in [0.25, 0.3) is 0 Å². The average Bonchev–Trinajstić information content (AvgIpc) is 3.27. The highest BCUT2D eigenvalue weighted by Gasteiger charge is 2.33. The maximum atomic E-state index is 12.3. The Morgan fingerprint density at radius 3 is 2.85 bits per heavy atom. The smallest absolute Gasteiger partial charge is 0.245 e. The predicted octanol–water partition coefficient (Wildman–Crippen LogP) is 1.75. The van der Waals surface area contributed by atoms with Crippen LogP contribution in [-0.2, 0) is 4.79 Å². The van der Waals surface area contributed by atoms with E-state index >= 15 is 0 Å². The van der Waals surface area contributed by atoms with Crippen molar-refractivity contribution in [3.8, 4) is 11.5 Å². The Labute approximate surface area is 151 Å². The Morgan fingerprint density at radius 2 is 2.00 bits per heavy atom. The van der Waals surface area contributed by atoms with Crippen LogP contribution in [0.15, 0.2) is 48.8 Å². The minimum absolute atomic E-state index is 0.112. The number of carbonyl (C=O) groups excluding carboxylic acids is 1. The van der Waals surface area contributed by atoms with Crippen molar-refractivity contribution in [1.29, 1.82) is 0 Å². The molecular formula is C19H20N4O3. The topological polar surface area (TPSA) is 84.5 Å². The highest BCUT2D eigenvalue weighted by atomic mass is 16.7. The molecule has 0 aliphatic carbocycles. The van der Waals surface area contributed by atoms with Crippen molar-refractivity contribution in [1.82, 2.24) is 21.2 Å². The molecule has 3 unspecified atom stereocenters. The van der Waals surface area contributed by atoms with Gasteiger partial charge in [0.15, 0.2) is 11.5 Å². The number of hydrogen-bond acceptors (Lipinski definition) is 6. The zero-order chi connectivity index (χ0) is 17.9. The van der Waals surface area contributed by atoms with Crippen LogP contribution in [0.25, 0.3) is 6.08 Å². The monoisotopic (exact) mass is 352 g/mol. The second-order valence-corrected chi connectivity index (χ2v) is 6.34. The highest BCUT2D eigenvalue weighted by molar-refractivity contribution is 5.92. The summed E-state index contributed by atoms with van der Waals surface area (Å²) >= 11 is 0. The molecule has 0 spiro atoms. The fourth-order valence-electron chi connectivity index (χ4n) is 3.15. The molecule has 7 nitrogen and oxygen atoms in total. The first-order chi connectivity index (χ1) is 12.7. The van der Waals surface area contributed by atoms with Gasteiger partial charge in [-0.05, 0) is 41.5 Å². The van der Waals surface area contributed by atoms with Gasteiger partial charge in [0, 0.05) is 24.4 Å². The van der Waals surface area contributed by atoms with Crippen molar-refractivity contribution in [3.63, 3.8) is 0 Å². The number of amides is 1. The molecule has 3 heterocycles. The third kappa shape index (κ3) is 3.40. The molecule has 1 amide bonds. The second-order valence-electron chi connectivity index (χ2n) is 6.34. The van der Waals surface area contributed by atoms with Crippen molar-refractivity contribution in [2.75, 3.05) is 6.79 Å². The van der Waals surface area contributed by atoms with Gasteiger partial charge >= 0.3 is 0 Å². The number of hydrogen-bond donors (Lipinski definition) is 3. The van der Waals surface area contributed by atoms with E-state index in [1.807, 2.05) is 30.3 Å². The van der Waals surface area contributed by atoms with E-state index in [9.17, 15) is 4.79 Å². The summed E-state index contributed by atoms with van der Waals surface area (Å²) in [5, 5.41) is 2.98. The van der Waals surface area contributed by atoms with Crippen molar-refractivity contribution in [2.45, 2.75) is 19.1 Å². The van der Waals surface area contributed by atoms with Gasteiger partial charge in [0.2, 0.25) is 12.7 Å². The molecular weight excluding hydrogens is 332 g/mol. The summed E-state index contributed by atoms with van der Waals surface area (Å²) in [5.74, 6) is 1.44. The number of fused-ring (bicyclic) bond motifs is 1. The fourth-order valence-corrected chi connectivity index (χ4v) is 3.15. The van der Waals surface area contributed by atoms with Gasteiger partial charge in [-0.2, -0.15) is 0 Å². The van der Waals surface area contributed by atoms with E-state index in [0.29, 0.717) is 5.75 Å². The summed E-state index contributed by atoms with van der Waals surface area (Å²) in [6.45, 7) is 2.32. The summed E-state index contributed by atoms with van der Waals surface area (Å²) in [4.78, 5) is 16.3. The first-order valence-electron chi connectivity index (χ1n) is 8.50. The van der Waals surface area contributed by atoms with Crippen LogP contribution in [0.2, 0.25) is 0 Å². The van der Waals surface area contributed by atoms with Crippen LogP contribution >= 0.6 is 0 Å². The fraction of sp³-hybridized carbons (Fsp3) is 0.263. The Hall–Kier alpha value is -2.90. The van der Waals surface area contributed by atoms with Gasteiger partial charge in [-0.1, -0.05) is 13.0 Å². The standard InChI is InChI=1S/C19H20N4O3/c1-12-18(14-6-8-20-9-7-14)22-23-19(12)21-17(24)5-3-13-2-4-15-16(10-13)26-11-25-15/h2-10,12,18-19,22-23H,11H2,1H3,(H,21,24)/b5-3+. The molecule has 7 heteroatoms. The van der Waals surface area contributed by atoms with Crippen LogP contribution in [0, 0.1) is 5.92 Å². The summed E-state index contributed by atoms with van der Waals surface area (Å²) in [5.41, 5.74) is 8.39. The molecule has 2 aliphatic rings. The Kier molecular flexibility index (Phi) is 4.55. The van der Waals surface area contributed by atoms with Gasteiger partial charge in [0.1, 0.15) is 0 Å². The largest absolute Gasteiger partial charge is 0.454 e. The number of pyridine rings is 1. The molecule has 3 N–H and O–H groups in total. The normalized spacial score (nSPS) is 24.1. The second kappa shape index (κ2) is 7.15. The van der Waals surface area contributed by atoms with E-state index < -0.39 is 0 Å². The minimum Gasteiger partial charge on any atom is -0.454 e. The van der Waals surface area contributed by atoms with Crippen LogP contribution in [-0.4, -0.2) is 23.8 Å². The minimum atomic E-state index is -0.165. The summed E-state index contributed by atoms with van der Waals surface area (Å²) in [6.07, 6.45) is 6.64. The molecule has 0 bridgehead atoms. The van der Waals surface area contributed by atoms with Crippen LogP contribution in [0.5, 0.6) is 11.5 Å². The lowest BCUT2D eigenvalue weighted by Gasteiger charge is -2.19. The van der Waals surface area contributed by atoms with Gasteiger partial charge < -0.3 is 14.8 Å². The van der Waals surface area contributed by atoms with E-state index in [0.717, 1.165) is 16.9 Å². The first kappa shape index (κ1) is 16.6. The highest BCUT2D eigenvalue weighted by Crippen LogP contribution is 2.32. The van der Waals surface area contributed by atoms with Crippen LogP contribution in [0.1, 0.15) is 24.1 Å². The number of hydrazine groups is 1. The lowest BCUT2D eigenvalue weighted by atomic mass is 9.95. The Balaban J connectivity index is 1.36. The number of nitrogens with one attached hydrogen (secondary N) is 3. The number of ether oxygens (including phenoxy) is 2. The number of aromatic nitrogens is 1. The molecule has 4 rings (SSSR count). The molecule has 3 atom stereocenters. The van der Waals surface area contributed by atoms with E-state index in [1.165, 1.54) is 6.08 Å². The first-order valence-corrected chi connectivity index (χ1v) is 8.50. The van der Waals surface area contributed by atoms with E-state index in [1.54, 1.807) is 18.5 Å². The van der Waals surface area contributed by atoms with Crippen LogP contribution in [0.3, 0.4) is 0 Å². The number of carbonyl (C=O) groups is 1. The quantitative estimate of drug-likeness (QED) is 0.727. The number of rotatable bonds is 4. The summed E-state index contributed by atoms with van der Waals surface area (Å²) in [7, 11) is 0. The number of nitrogens with zero attached hydrogens (tertiary/aromatic N) is 1. The third-order valence-corrected chi connectivity index (χ3v) is 4.63. The summed E-state index contributed by atoms with van der Waals surface area (Å²) < 4.78 is 10.6. The lowest BCUT2D eigenvalue weighted by Crippen LogP contribution is -2.45. The number of benzene rings is 1. The van der Waals surface area contributed by atoms with Crippen LogP contribution in [0.4, 0.5) is 0 Å². The molecule has 1 fully saturated rings. The molecule has 0 radical (unpaired) electrons. The zero-order valence-electron chi connectivity index (χ0n) is 14.3. The van der Waals surface area contributed by atoms with Gasteiger partial charge in [-0.25, -0.2) is 10.9 Å². The van der Waals surface area contributed by atoms with E-state index in [2.05, 4.69) is 28.1 Å². The van der Waals surface area contributed by atoms with Crippen molar-refractivity contribution in [3.05, 3.63) is 59.9 Å². The maximum absolute atomic E-state index is 12.3. The van der Waals surface area contributed by atoms with Gasteiger partial charge in [-0.15, -0.1) is 0 Å². The molecule has 1 aromatic carbocycles. The predicted molar refractivity (Wildman–Crippen MR) is 95.9 cm³/mol. The van der Waals surface area contributed by atoms with Gasteiger partial charge in [-0.3, -0.25) is 9.78 Å². The third-order valence-electron chi connectivity index (χ3n) is 4.63. The Bertz CT molecular complexity index is 825. The SMILES string of the molecule is CC1C(NC(=O)/C=C/c2ccc3c(c2)OCO3)NNC1c1ccncc1. The molecule has 1 saturated heterocycles. The maximum Gasteiger partial charge on any atom is 0.245 e.